The number of rotatable bonds is 4. The quantitative estimate of drug-likeness (QED) is 0.875. The lowest BCUT2D eigenvalue weighted by Gasteiger charge is -2.27. The summed E-state index contributed by atoms with van der Waals surface area (Å²) in [5.41, 5.74) is 1.01. The fourth-order valence-corrected chi connectivity index (χ4v) is 4.07. The van der Waals surface area contributed by atoms with E-state index in [0.717, 1.165) is 17.9 Å². The molecule has 2 aromatic heterocycles. The highest BCUT2D eigenvalue weighted by atomic mass is 32.2. The average Bonchev–Trinajstić information content (AvgIpc) is 3.09. The molecule has 1 fully saturated rings. The molecule has 2 heterocycles. The van der Waals surface area contributed by atoms with Crippen LogP contribution in [-0.4, -0.2) is 30.8 Å². The van der Waals surface area contributed by atoms with Gasteiger partial charge in [0.05, 0.1) is 0 Å². The minimum absolute atomic E-state index is 0.305. The van der Waals surface area contributed by atoms with Gasteiger partial charge in [0.25, 0.3) is 0 Å². The van der Waals surface area contributed by atoms with Crippen LogP contribution in [0, 0.1) is 4.77 Å². The van der Waals surface area contributed by atoms with E-state index in [1.54, 1.807) is 6.20 Å². The summed E-state index contributed by atoms with van der Waals surface area (Å²) in [5.74, 6) is 0.892. The number of thioether (sulfide) groups is 1. The summed E-state index contributed by atoms with van der Waals surface area (Å²) < 4.78 is 3.14. The highest BCUT2D eigenvalue weighted by molar-refractivity contribution is 8.00. The maximum absolute atomic E-state index is 5.42. The molecule has 0 spiro atoms. The summed E-state index contributed by atoms with van der Waals surface area (Å²) in [6, 6.07) is 3.95. The molecule has 2 aromatic rings. The summed E-state index contributed by atoms with van der Waals surface area (Å²) in [6.07, 6.45) is 11.0. The molecule has 0 aliphatic heterocycles. The van der Waals surface area contributed by atoms with Crippen LogP contribution in [0.5, 0.6) is 0 Å². The standard InChI is InChI=1S/C14H18N4S2/c1-20-14(6-2-3-7-14)10-18-12(16-17-13(18)19)11-5-4-8-15-9-11/h4-5,8-9H,2-3,6-7,10H2,1H3,(H,17,19). The molecule has 3 rings (SSSR count). The van der Waals surface area contributed by atoms with Crippen molar-refractivity contribution in [2.45, 2.75) is 37.0 Å². The zero-order valence-corrected chi connectivity index (χ0v) is 13.1. The number of H-pyrrole nitrogens is 1. The first kappa shape index (κ1) is 13.8. The smallest absolute Gasteiger partial charge is 0.195 e. The maximum atomic E-state index is 5.42. The first-order chi connectivity index (χ1) is 9.74. The Kier molecular flexibility index (Phi) is 3.94. The van der Waals surface area contributed by atoms with E-state index in [9.17, 15) is 0 Å². The van der Waals surface area contributed by atoms with Crippen molar-refractivity contribution in [1.82, 2.24) is 19.7 Å². The Morgan fingerprint density at radius 2 is 2.25 bits per heavy atom. The van der Waals surface area contributed by atoms with Crippen molar-refractivity contribution in [1.29, 1.82) is 0 Å². The average molecular weight is 306 g/mol. The van der Waals surface area contributed by atoms with E-state index in [-0.39, 0.29) is 0 Å². The number of nitrogens with one attached hydrogen (secondary N) is 1. The van der Waals surface area contributed by atoms with Crippen molar-refractivity contribution in [3.8, 4) is 11.4 Å². The van der Waals surface area contributed by atoms with Crippen molar-refractivity contribution < 1.29 is 0 Å². The van der Waals surface area contributed by atoms with Gasteiger partial charge >= 0.3 is 0 Å². The van der Waals surface area contributed by atoms with E-state index in [2.05, 4.69) is 26.0 Å². The van der Waals surface area contributed by atoms with Crippen LogP contribution in [0.15, 0.2) is 24.5 Å². The molecule has 0 radical (unpaired) electrons. The van der Waals surface area contributed by atoms with Crippen molar-refractivity contribution in [3.63, 3.8) is 0 Å². The molecule has 0 unspecified atom stereocenters. The largest absolute Gasteiger partial charge is 0.299 e. The molecule has 0 atom stereocenters. The van der Waals surface area contributed by atoms with Crippen molar-refractivity contribution in [3.05, 3.63) is 29.3 Å². The second-order valence-corrected chi connectivity index (χ2v) is 6.94. The number of aromatic amines is 1. The molecule has 106 valence electrons. The van der Waals surface area contributed by atoms with Crippen LogP contribution in [0.2, 0.25) is 0 Å². The van der Waals surface area contributed by atoms with Crippen molar-refractivity contribution >= 4 is 24.0 Å². The topological polar surface area (TPSA) is 46.5 Å². The van der Waals surface area contributed by atoms with Gasteiger partial charge in [-0.2, -0.15) is 16.9 Å². The second-order valence-electron chi connectivity index (χ2n) is 5.27. The van der Waals surface area contributed by atoms with Gasteiger partial charge in [0.1, 0.15) is 0 Å². The molecule has 0 aromatic carbocycles. The van der Waals surface area contributed by atoms with Gasteiger partial charge in [0.15, 0.2) is 10.6 Å². The summed E-state index contributed by atoms with van der Waals surface area (Å²) in [5, 5.41) is 7.32. The van der Waals surface area contributed by atoms with Gasteiger partial charge in [-0.3, -0.25) is 14.6 Å². The van der Waals surface area contributed by atoms with E-state index in [1.165, 1.54) is 25.7 Å². The second kappa shape index (κ2) is 5.69. The van der Waals surface area contributed by atoms with Crippen molar-refractivity contribution in [2.24, 2.45) is 0 Å². The lowest BCUT2D eigenvalue weighted by atomic mass is 10.1. The molecule has 0 bridgehead atoms. The van der Waals surface area contributed by atoms with Gasteiger partial charge in [-0.05, 0) is 43.4 Å². The predicted octanol–water partition coefficient (Wildman–Crippen LogP) is 3.68. The molecule has 1 N–H and O–H groups in total. The van der Waals surface area contributed by atoms with E-state index < -0.39 is 0 Å². The summed E-state index contributed by atoms with van der Waals surface area (Å²) >= 11 is 7.39. The number of pyridine rings is 1. The molecular formula is C14H18N4S2. The van der Waals surface area contributed by atoms with E-state index in [1.807, 2.05) is 30.1 Å². The maximum Gasteiger partial charge on any atom is 0.195 e. The Labute approximate surface area is 128 Å². The normalized spacial score (nSPS) is 17.4. The molecule has 1 aliphatic carbocycles. The van der Waals surface area contributed by atoms with E-state index in [0.29, 0.717) is 9.52 Å². The molecule has 0 amide bonds. The van der Waals surface area contributed by atoms with Crippen molar-refractivity contribution in [2.75, 3.05) is 6.26 Å². The lowest BCUT2D eigenvalue weighted by Crippen LogP contribution is -2.27. The van der Waals surface area contributed by atoms with Crippen LogP contribution in [0.25, 0.3) is 11.4 Å². The molecule has 20 heavy (non-hydrogen) atoms. The van der Waals surface area contributed by atoms with Gasteiger partial charge in [-0.1, -0.05) is 12.8 Å². The van der Waals surface area contributed by atoms with Crippen LogP contribution >= 0.6 is 24.0 Å². The van der Waals surface area contributed by atoms with Crippen LogP contribution in [0.1, 0.15) is 25.7 Å². The first-order valence-electron chi connectivity index (χ1n) is 6.85. The minimum atomic E-state index is 0.305. The molecule has 1 aliphatic rings. The van der Waals surface area contributed by atoms with Gasteiger partial charge in [0, 0.05) is 29.2 Å². The molecule has 0 saturated heterocycles. The lowest BCUT2D eigenvalue weighted by molar-refractivity contribution is 0.504. The SMILES string of the molecule is CSC1(Cn2c(-c3cccnc3)n[nH]c2=S)CCCC1. The first-order valence-corrected chi connectivity index (χ1v) is 8.48. The minimum Gasteiger partial charge on any atom is -0.299 e. The third-order valence-corrected chi connectivity index (χ3v) is 5.79. The molecular weight excluding hydrogens is 288 g/mol. The Morgan fingerprint density at radius 3 is 2.90 bits per heavy atom. The Balaban J connectivity index is 1.98. The Bertz CT molecular complexity index is 626. The van der Waals surface area contributed by atoms with Crippen LogP contribution in [0.4, 0.5) is 0 Å². The van der Waals surface area contributed by atoms with E-state index in [4.69, 9.17) is 12.2 Å². The van der Waals surface area contributed by atoms with Crippen LogP contribution in [-0.2, 0) is 6.54 Å². The summed E-state index contributed by atoms with van der Waals surface area (Å²) in [4.78, 5) is 4.17. The molecule has 6 heteroatoms. The fraction of sp³-hybridized carbons (Fsp3) is 0.500. The molecule has 4 nitrogen and oxygen atoms in total. The Morgan fingerprint density at radius 1 is 1.45 bits per heavy atom. The van der Waals surface area contributed by atoms with E-state index >= 15 is 0 Å². The number of hydrogen-bond donors (Lipinski definition) is 1. The summed E-state index contributed by atoms with van der Waals surface area (Å²) in [7, 11) is 0. The predicted molar refractivity (Wildman–Crippen MR) is 85.4 cm³/mol. The van der Waals surface area contributed by atoms with Gasteiger partial charge in [-0.25, -0.2) is 0 Å². The van der Waals surface area contributed by atoms with Crippen LogP contribution < -0.4 is 0 Å². The zero-order valence-electron chi connectivity index (χ0n) is 11.5. The number of nitrogens with zero attached hydrogens (tertiary/aromatic N) is 3. The third-order valence-electron chi connectivity index (χ3n) is 4.07. The zero-order chi connectivity index (χ0) is 14.0. The van der Waals surface area contributed by atoms with Gasteiger partial charge in [-0.15, -0.1) is 0 Å². The summed E-state index contributed by atoms with van der Waals surface area (Å²) in [6.45, 7) is 0.924. The third kappa shape index (κ3) is 2.54. The van der Waals surface area contributed by atoms with Gasteiger partial charge < -0.3 is 0 Å². The number of aromatic nitrogens is 4. The highest BCUT2D eigenvalue weighted by Crippen LogP contribution is 2.42. The molecule has 1 saturated carbocycles. The fourth-order valence-electron chi connectivity index (χ4n) is 2.91. The highest BCUT2D eigenvalue weighted by Gasteiger charge is 2.34. The Hall–Kier alpha value is -1.14. The van der Waals surface area contributed by atoms with Gasteiger partial charge in [0.2, 0.25) is 0 Å². The number of hydrogen-bond acceptors (Lipinski definition) is 4. The monoisotopic (exact) mass is 306 g/mol. The van der Waals surface area contributed by atoms with Crippen LogP contribution in [0.3, 0.4) is 0 Å².